The second-order valence-electron chi connectivity index (χ2n) is 8.58. The second-order valence-corrected chi connectivity index (χ2v) is 9.75. The molecule has 2 heterocycles. The van der Waals surface area contributed by atoms with Crippen LogP contribution in [0.3, 0.4) is 0 Å². The number of H-pyrrole nitrogens is 1. The van der Waals surface area contributed by atoms with Crippen LogP contribution in [0.1, 0.15) is 69.9 Å². The summed E-state index contributed by atoms with van der Waals surface area (Å²) in [6, 6.07) is -0.614. The molecule has 0 amide bonds. The average Bonchev–Trinajstić information content (AvgIpc) is 3.48. The molecule has 178 valence electrons. The number of fused-ring (bicyclic) bond motifs is 2. The molecular formula is C21H20F5N3O3S. The van der Waals surface area contributed by atoms with Gasteiger partial charge in [-0.05, 0) is 30.9 Å². The Kier molecular flexibility index (Phi) is 5.18. The number of aromatic amines is 1. The zero-order chi connectivity index (χ0) is 23.8. The molecule has 0 aliphatic heterocycles. The second kappa shape index (κ2) is 7.60. The van der Waals surface area contributed by atoms with Crippen LogP contribution in [0.4, 0.5) is 22.0 Å². The van der Waals surface area contributed by atoms with Crippen molar-refractivity contribution in [2.75, 3.05) is 7.11 Å². The summed E-state index contributed by atoms with van der Waals surface area (Å²) in [6.07, 6.45) is -3.91. The van der Waals surface area contributed by atoms with Crippen LogP contribution in [0.15, 0.2) is 21.5 Å². The van der Waals surface area contributed by atoms with Gasteiger partial charge in [-0.2, -0.15) is 0 Å². The van der Waals surface area contributed by atoms with Crippen molar-refractivity contribution in [1.29, 1.82) is 0 Å². The molecule has 3 atom stereocenters. The molecule has 5 rings (SSSR count). The molecule has 3 N–H and O–H groups in total. The highest BCUT2D eigenvalue weighted by atomic mass is 32.1. The van der Waals surface area contributed by atoms with Crippen molar-refractivity contribution in [3.8, 4) is 0 Å². The van der Waals surface area contributed by atoms with E-state index >= 15 is 4.39 Å². The summed E-state index contributed by atoms with van der Waals surface area (Å²) in [5, 5.41) is 0. The fraction of sp³-hybridized carbons (Fsp3) is 0.524. The molecule has 0 aromatic carbocycles. The molecule has 3 aliphatic carbocycles. The van der Waals surface area contributed by atoms with E-state index in [-0.39, 0.29) is 28.6 Å². The third-order valence-corrected chi connectivity index (χ3v) is 7.87. The van der Waals surface area contributed by atoms with Crippen LogP contribution >= 0.6 is 11.3 Å². The number of ether oxygens (including phenoxy) is 1. The van der Waals surface area contributed by atoms with Crippen LogP contribution in [0.5, 0.6) is 0 Å². The van der Waals surface area contributed by atoms with E-state index in [1.807, 2.05) is 4.98 Å². The van der Waals surface area contributed by atoms with E-state index in [1.165, 1.54) is 17.7 Å². The Balaban J connectivity index is 1.76. The van der Waals surface area contributed by atoms with Crippen LogP contribution in [0.25, 0.3) is 5.57 Å². The third kappa shape index (κ3) is 3.33. The first-order chi connectivity index (χ1) is 15.6. The summed E-state index contributed by atoms with van der Waals surface area (Å²) < 4.78 is 78.9. The molecule has 0 bridgehead atoms. The molecule has 33 heavy (non-hydrogen) atoms. The molecule has 0 saturated heterocycles. The first kappa shape index (κ1) is 22.5. The summed E-state index contributed by atoms with van der Waals surface area (Å²) in [6.45, 7) is 0. The Bertz CT molecular complexity index is 1280. The molecule has 0 radical (unpaired) electrons. The topological polar surface area (TPSA) is 90.1 Å². The number of aryl methyl sites for hydroxylation is 1. The number of hydrogen-bond acceptors (Lipinski definition) is 5. The Morgan fingerprint density at radius 1 is 1.30 bits per heavy atom. The fourth-order valence-electron chi connectivity index (χ4n) is 4.85. The van der Waals surface area contributed by atoms with Crippen molar-refractivity contribution >= 4 is 16.9 Å². The molecule has 2 aromatic heterocycles. The van der Waals surface area contributed by atoms with Gasteiger partial charge in [0.05, 0.1) is 28.8 Å². The number of nitrogens with two attached hydrogens (primary N) is 1. The zero-order valence-electron chi connectivity index (χ0n) is 17.3. The van der Waals surface area contributed by atoms with Gasteiger partial charge in [-0.25, -0.2) is 26.7 Å². The monoisotopic (exact) mass is 489 g/mol. The number of nitrogens with one attached hydrogen (secondary N) is 1. The van der Waals surface area contributed by atoms with Crippen LogP contribution < -0.4 is 17.0 Å². The van der Waals surface area contributed by atoms with E-state index in [4.69, 9.17) is 10.5 Å². The lowest BCUT2D eigenvalue weighted by molar-refractivity contribution is -0.0392. The lowest BCUT2D eigenvalue weighted by Crippen LogP contribution is -2.40. The largest absolute Gasteiger partial charge is 0.374 e. The first-order valence-corrected chi connectivity index (χ1v) is 11.2. The highest BCUT2D eigenvalue weighted by Gasteiger charge is 2.48. The Labute approximate surface area is 187 Å². The van der Waals surface area contributed by atoms with Crippen LogP contribution in [0, 0.1) is 0 Å². The lowest BCUT2D eigenvalue weighted by atomic mass is 9.82. The molecule has 1 saturated carbocycles. The maximum Gasteiger partial charge on any atom is 0.328 e. The number of halogens is 5. The summed E-state index contributed by atoms with van der Waals surface area (Å²) >= 11 is 1.01. The van der Waals surface area contributed by atoms with Crippen molar-refractivity contribution < 1.29 is 26.7 Å². The lowest BCUT2D eigenvalue weighted by Gasteiger charge is -2.33. The number of thiophene rings is 1. The number of hydrogen-bond donors (Lipinski definition) is 2. The maximum atomic E-state index is 15.7. The standard InChI is InChI=1S/C21H20F5N3O3S/c1-32-16-11(10-6-8-9(33-10)4-5-21(25,26)17(8)27)14(22)12(18(23)24)13-15(16)29(7-2-3-7)20(31)28-19(13)30/h6-7,11,16-18H,2-5,27H2,1H3,(H,28,30,31). The summed E-state index contributed by atoms with van der Waals surface area (Å²) in [5.41, 5.74) is 2.14. The van der Waals surface area contributed by atoms with Gasteiger partial charge in [0.2, 0.25) is 0 Å². The summed E-state index contributed by atoms with van der Waals surface area (Å²) in [5.74, 6) is -5.86. The smallest absolute Gasteiger partial charge is 0.328 e. The van der Waals surface area contributed by atoms with Gasteiger partial charge in [0, 0.05) is 29.3 Å². The van der Waals surface area contributed by atoms with Gasteiger partial charge >= 0.3 is 5.69 Å². The molecular weight excluding hydrogens is 469 g/mol. The third-order valence-electron chi connectivity index (χ3n) is 6.58. The van der Waals surface area contributed by atoms with Crippen LogP contribution in [-0.2, 0) is 11.2 Å². The molecule has 0 spiro atoms. The van der Waals surface area contributed by atoms with E-state index in [0.29, 0.717) is 17.7 Å². The number of methoxy groups -OCH3 is 1. The van der Waals surface area contributed by atoms with Gasteiger partial charge in [0.1, 0.15) is 11.9 Å². The summed E-state index contributed by atoms with van der Waals surface area (Å²) in [4.78, 5) is 27.9. The normalized spacial score (nSPS) is 26.5. The van der Waals surface area contributed by atoms with Gasteiger partial charge in [0.15, 0.2) is 0 Å². The predicted octanol–water partition coefficient (Wildman–Crippen LogP) is 3.94. The Hall–Kier alpha value is -2.31. The highest BCUT2D eigenvalue weighted by Crippen LogP contribution is 2.54. The van der Waals surface area contributed by atoms with Gasteiger partial charge < -0.3 is 10.5 Å². The number of rotatable bonds is 4. The van der Waals surface area contributed by atoms with E-state index < -0.39 is 65.0 Å². The van der Waals surface area contributed by atoms with Crippen molar-refractivity contribution in [3.05, 3.63) is 59.3 Å². The molecule has 3 unspecified atom stereocenters. The Morgan fingerprint density at radius 3 is 2.61 bits per heavy atom. The fourth-order valence-corrected chi connectivity index (χ4v) is 6.19. The minimum atomic E-state index is -3.35. The molecule has 12 heteroatoms. The zero-order valence-corrected chi connectivity index (χ0v) is 18.2. The van der Waals surface area contributed by atoms with E-state index in [1.54, 1.807) is 0 Å². The SMILES string of the molecule is COC1c2c(c(=O)[nH]c(=O)n2C2CC2)C(C(F)F)=C(F)C1c1cc2c(s1)CCC(F)(F)C2N. The predicted molar refractivity (Wildman–Crippen MR) is 111 cm³/mol. The minimum absolute atomic E-state index is 0.0150. The Morgan fingerprint density at radius 2 is 2.00 bits per heavy atom. The average molecular weight is 489 g/mol. The van der Waals surface area contributed by atoms with Gasteiger partial charge in [-0.1, -0.05) is 0 Å². The number of alkyl halides is 4. The quantitative estimate of drug-likeness (QED) is 0.637. The van der Waals surface area contributed by atoms with Crippen molar-refractivity contribution in [3.63, 3.8) is 0 Å². The summed E-state index contributed by atoms with van der Waals surface area (Å²) in [7, 11) is 1.22. The van der Waals surface area contributed by atoms with Crippen LogP contribution in [0.2, 0.25) is 0 Å². The minimum Gasteiger partial charge on any atom is -0.374 e. The van der Waals surface area contributed by atoms with E-state index in [2.05, 4.69) is 0 Å². The molecule has 2 aromatic rings. The van der Waals surface area contributed by atoms with Crippen molar-refractivity contribution in [2.45, 2.75) is 62.1 Å². The number of nitrogens with zero attached hydrogens (tertiary/aromatic N) is 1. The van der Waals surface area contributed by atoms with Gasteiger partial charge in [0.25, 0.3) is 17.9 Å². The van der Waals surface area contributed by atoms with E-state index in [9.17, 15) is 27.2 Å². The molecule has 3 aliphatic rings. The van der Waals surface area contributed by atoms with Crippen molar-refractivity contribution in [2.24, 2.45) is 5.73 Å². The van der Waals surface area contributed by atoms with Gasteiger partial charge in [-0.3, -0.25) is 14.3 Å². The number of aromatic nitrogens is 2. The molecule has 6 nitrogen and oxygen atoms in total. The van der Waals surface area contributed by atoms with E-state index in [0.717, 1.165) is 11.3 Å². The first-order valence-electron chi connectivity index (χ1n) is 10.4. The van der Waals surface area contributed by atoms with Crippen molar-refractivity contribution in [1.82, 2.24) is 9.55 Å². The number of allylic oxidation sites excluding steroid dienone is 1. The molecule has 1 fully saturated rings. The highest BCUT2D eigenvalue weighted by molar-refractivity contribution is 7.12. The van der Waals surface area contributed by atoms with Gasteiger partial charge in [-0.15, -0.1) is 11.3 Å². The maximum absolute atomic E-state index is 15.7. The van der Waals surface area contributed by atoms with Crippen LogP contribution in [-0.4, -0.2) is 29.0 Å².